The molecule has 0 bridgehead atoms. The van der Waals surface area contributed by atoms with Crippen LogP contribution >= 0.6 is 0 Å². The molecule has 22 heavy (non-hydrogen) atoms. The first-order valence-corrected chi connectivity index (χ1v) is 9.31. The van der Waals surface area contributed by atoms with Crippen molar-refractivity contribution in [3.63, 3.8) is 0 Å². The molecule has 7 nitrogen and oxygen atoms in total. The monoisotopic (exact) mass is 336 g/mol. The van der Waals surface area contributed by atoms with E-state index in [2.05, 4.69) is 30.2 Å². The first-order chi connectivity index (χ1) is 10.2. The molecule has 0 amide bonds. The van der Waals surface area contributed by atoms with Gasteiger partial charge in [0.1, 0.15) is 0 Å². The lowest BCUT2D eigenvalue weighted by molar-refractivity contribution is 0.490. The summed E-state index contributed by atoms with van der Waals surface area (Å²) in [4.78, 5) is 4.20. The van der Waals surface area contributed by atoms with Crippen molar-refractivity contribution in [1.82, 2.24) is 5.32 Å². The lowest BCUT2D eigenvalue weighted by Crippen LogP contribution is -2.32. The number of nitrogens with one attached hydrogen (secondary N) is 1. The van der Waals surface area contributed by atoms with Gasteiger partial charge in [0.2, 0.25) is 0 Å². The smallest absolute Gasteiger partial charge is 0.261 e. The highest BCUT2D eigenvalue weighted by molar-refractivity contribution is 7.85. The van der Waals surface area contributed by atoms with Crippen LogP contribution in [0.5, 0.6) is 0 Å². The van der Waals surface area contributed by atoms with Crippen LogP contribution in [0.15, 0.2) is 16.6 Å². The summed E-state index contributed by atoms with van der Waals surface area (Å²) in [7, 11) is -3.67. The molecular weight excluding hydrogens is 304 g/mol. The van der Waals surface area contributed by atoms with Crippen LogP contribution in [0.25, 0.3) is 0 Å². The van der Waals surface area contributed by atoms with Crippen molar-refractivity contribution in [3.05, 3.63) is 11.6 Å². The summed E-state index contributed by atoms with van der Waals surface area (Å²) < 4.78 is 25.9. The van der Waals surface area contributed by atoms with Gasteiger partial charge in [0.15, 0.2) is 5.96 Å². The van der Waals surface area contributed by atoms with E-state index < -0.39 is 10.1 Å². The van der Waals surface area contributed by atoms with Crippen LogP contribution in [0.3, 0.4) is 0 Å². The Morgan fingerprint density at radius 2 is 1.68 bits per heavy atom. The Labute approximate surface area is 135 Å². The molecule has 0 rings (SSSR count). The molecule has 0 aliphatic carbocycles. The Hall–Kier alpha value is -1.12. The van der Waals surface area contributed by atoms with E-state index >= 15 is 0 Å². The van der Waals surface area contributed by atoms with Crippen LogP contribution in [-0.4, -0.2) is 44.8 Å². The quantitative estimate of drug-likeness (QED) is 0.165. The molecule has 0 atom stereocenters. The molecule has 132 valence electrons. The van der Waals surface area contributed by atoms with E-state index in [0.29, 0.717) is 18.8 Å². The van der Waals surface area contributed by atoms with Gasteiger partial charge in [0, 0.05) is 6.54 Å². The Bertz CT molecular complexity index is 408. The van der Waals surface area contributed by atoms with Gasteiger partial charge >= 0.3 is 0 Å². The average Bonchev–Trinajstić information content (AvgIpc) is 2.35. The van der Waals surface area contributed by atoms with Crippen LogP contribution in [0.1, 0.15) is 46.0 Å². The summed E-state index contributed by atoms with van der Waals surface area (Å²) >= 11 is 0. The van der Waals surface area contributed by atoms with Crippen molar-refractivity contribution in [3.8, 4) is 0 Å². The van der Waals surface area contributed by atoms with E-state index in [1.54, 1.807) is 0 Å². The lowest BCUT2D eigenvalue weighted by atomic mass is 10.1. The molecule has 0 unspecified atom stereocenters. The van der Waals surface area contributed by atoms with Gasteiger partial charge in [-0.05, 0) is 33.2 Å². The van der Waals surface area contributed by atoms with Crippen LogP contribution < -0.4 is 16.8 Å². The molecule has 0 spiro atoms. The summed E-state index contributed by atoms with van der Waals surface area (Å²) in [5, 5.41) is 3.12. The van der Waals surface area contributed by atoms with Crippen molar-refractivity contribution in [2.75, 3.05) is 25.9 Å². The second-order valence-corrected chi connectivity index (χ2v) is 6.69. The number of nitrogens with two attached hydrogens (primary N) is 2. The van der Waals surface area contributed by atoms with E-state index in [1.807, 2.05) is 0 Å². The normalized spacial score (nSPS) is 11.4. The topological polar surface area (TPSA) is 131 Å². The third-order valence-electron chi connectivity index (χ3n) is 2.45. The van der Waals surface area contributed by atoms with Gasteiger partial charge in [0.25, 0.3) is 10.1 Å². The van der Waals surface area contributed by atoms with Gasteiger partial charge in [-0.15, -0.1) is 0 Å². The third kappa shape index (κ3) is 31.3. The van der Waals surface area contributed by atoms with Gasteiger partial charge in [-0.3, -0.25) is 4.55 Å². The van der Waals surface area contributed by atoms with Crippen LogP contribution in [-0.2, 0) is 10.1 Å². The van der Waals surface area contributed by atoms with E-state index in [0.717, 1.165) is 25.9 Å². The Morgan fingerprint density at radius 3 is 2.18 bits per heavy atom. The van der Waals surface area contributed by atoms with Crippen molar-refractivity contribution in [1.29, 1.82) is 0 Å². The molecule has 0 heterocycles. The molecule has 0 aromatic rings. The van der Waals surface area contributed by atoms with Gasteiger partial charge in [0.05, 0.1) is 12.8 Å². The summed E-state index contributed by atoms with van der Waals surface area (Å²) in [5.41, 5.74) is 12.4. The predicted octanol–water partition coefficient (Wildman–Crippen LogP) is 1.27. The van der Waals surface area contributed by atoms with Crippen molar-refractivity contribution >= 4 is 16.1 Å². The largest absolute Gasteiger partial charge is 0.370 e. The summed E-state index contributed by atoms with van der Waals surface area (Å²) in [6, 6.07) is 0. The number of hydrogen-bond donors (Lipinski definition) is 4. The average molecular weight is 337 g/mol. The summed E-state index contributed by atoms with van der Waals surface area (Å²) in [6.07, 6.45) is 8.78. The van der Waals surface area contributed by atoms with Gasteiger partial charge in [-0.2, -0.15) is 8.42 Å². The molecule has 0 fully saturated rings. The molecule has 0 saturated heterocycles. The fourth-order valence-corrected chi connectivity index (χ4v) is 1.40. The highest BCUT2D eigenvalue weighted by Gasteiger charge is 1.92. The van der Waals surface area contributed by atoms with E-state index in [4.69, 9.17) is 16.0 Å². The van der Waals surface area contributed by atoms with E-state index in [9.17, 15) is 8.42 Å². The van der Waals surface area contributed by atoms with Crippen molar-refractivity contribution in [2.24, 2.45) is 16.5 Å². The van der Waals surface area contributed by atoms with E-state index in [-0.39, 0.29) is 0 Å². The molecule has 0 radical (unpaired) electrons. The minimum absolute atomic E-state index is 0.546. The molecule has 0 aromatic heterocycles. The first-order valence-electron chi connectivity index (χ1n) is 7.46. The molecule has 0 aliphatic rings. The fourth-order valence-electron chi connectivity index (χ4n) is 1.40. The second-order valence-electron chi connectivity index (χ2n) is 5.22. The zero-order chi connectivity index (χ0) is 17.4. The zero-order valence-electron chi connectivity index (χ0n) is 14.0. The Kier molecular flexibility index (Phi) is 15.6. The van der Waals surface area contributed by atoms with Gasteiger partial charge in [-0.1, -0.05) is 30.9 Å². The standard InChI is InChI=1S/C13H28N4.CH4O3S/c1-12(2)8-11-17-13(15)16-10-7-5-3-4-6-9-14;1-5(2,3)4/h8H,3-7,9-11,14H2,1-2H3,(H3,15,16,17);1H3,(H,2,3,4). The zero-order valence-corrected chi connectivity index (χ0v) is 14.8. The van der Waals surface area contributed by atoms with Gasteiger partial charge in [-0.25, -0.2) is 4.99 Å². The Morgan fingerprint density at radius 1 is 1.18 bits per heavy atom. The van der Waals surface area contributed by atoms with Crippen LogP contribution in [0, 0.1) is 0 Å². The van der Waals surface area contributed by atoms with Crippen LogP contribution in [0.2, 0.25) is 0 Å². The number of hydrogen-bond acceptors (Lipinski definition) is 4. The number of guanidine groups is 1. The first kappa shape index (κ1) is 23.2. The summed E-state index contributed by atoms with van der Waals surface area (Å²) in [5.74, 6) is 0.546. The maximum atomic E-state index is 9.19. The molecular formula is C14H32N4O3S. The summed E-state index contributed by atoms with van der Waals surface area (Å²) in [6.45, 7) is 6.49. The van der Waals surface area contributed by atoms with Crippen molar-refractivity contribution in [2.45, 2.75) is 46.0 Å². The number of rotatable bonds is 9. The lowest BCUT2D eigenvalue weighted by Gasteiger charge is -2.04. The number of unbranched alkanes of at least 4 members (excludes halogenated alkanes) is 4. The molecule has 8 heteroatoms. The fraction of sp³-hybridized carbons (Fsp3) is 0.786. The molecule has 0 saturated carbocycles. The van der Waals surface area contributed by atoms with Crippen molar-refractivity contribution < 1.29 is 13.0 Å². The molecule has 0 aromatic carbocycles. The number of nitrogens with zero attached hydrogens (tertiary/aromatic N) is 1. The number of allylic oxidation sites excluding steroid dienone is 1. The predicted molar refractivity (Wildman–Crippen MR) is 93.5 cm³/mol. The minimum atomic E-state index is -3.67. The maximum Gasteiger partial charge on any atom is 0.261 e. The molecule has 0 aliphatic heterocycles. The van der Waals surface area contributed by atoms with E-state index in [1.165, 1.54) is 24.8 Å². The maximum absolute atomic E-state index is 9.19. The molecule has 6 N–H and O–H groups in total. The highest BCUT2D eigenvalue weighted by Crippen LogP contribution is 2.00. The Balaban J connectivity index is 0. The van der Waals surface area contributed by atoms with Gasteiger partial charge < -0.3 is 16.8 Å². The minimum Gasteiger partial charge on any atom is -0.370 e. The third-order valence-corrected chi connectivity index (χ3v) is 2.45. The second kappa shape index (κ2) is 14.8. The number of aliphatic imine (C=N–C) groups is 1. The highest BCUT2D eigenvalue weighted by atomic mass is 32.2. The van der Waals surface area contributed by atoms with Crippen LogP contribution in [0.4, 0.5) is 0 Å². The SMILES string of the molecule is CC(C)=CCN=C(N)NCCCCCCCN.CS(=O)(=O)O.